The first-order chi connectivity index (χ1) is 19.4. The second-order valence-corrected chi connectivity index (χ2v) is 13.2. The van der Waals surface area contributed by atoms with Crippen LogP contribution in [-0.4, -0.2) is 78.7 Å². The molecule has 0 aromatic heterocycles. The molecule has 3 N–H and O–H groups in total. The number of unbranched alkanes of at least 4 members (excludes halogenated alkanes) is 1. The summed E-state index contributed by atoms with van der Waals surface area (Å²) in [5, 5.41) is 13.5. The molecule has 232 valence electrons. The molecule has 1 spiro atoms. The third-order valence-electron chi connectivity index (χ3n) is 7.92. The van der Waals surface area contributed by atoms with E-state index in [1.807, 2.05) is 38.1 Å². The van der Waals surface area contributed by atoms with Crippen molar-refractivity contribution >= 4 is 39.9 Å². The van der Waals surface area contributed by atoms with Crippen LogP contribution in [0.5, 0.6) is 11.5 Å². The van der Waals surface area contributed by atoms with Crippen LogP contribution in [0.3, 0.4) is 0 Å². The molecule has 12 heteroatoms. The van der Waals surface area contributed by atoms with Crippen LogP contribution < -0.4 is 14.8 Å². The number of piperidine rings is 1. The Morgan fingerprint density at radius 1 is 1.05 bits per heavy atom. The molecular formula is C30H43ClN4O6S. The van der Waals surface area contributed by atoms with Crippen LogP contribution in [0.2, 0.25) is 0 Å². The third kappa shape index (κ3) is 7.94. The molecular weight excluding hydrogens is 580 g/mol. The minimum absolute atomic E-state index is 0. The Morgan fingerprint density at radius 2 is 1.62 bits per heavy atom. The Hall–Kier alpha value is -2.86. The molecule has 0 aliphatic carbocycles. The van der Waals surface area contributed by atoms with Crippen LogP contribution >= 0.6 is 12.4 Å². The first-order valence-corrected chi connectivity index (χ1v) is 16.2. The Labute approximate surface area is 255 Å². The highest BCUT2D eigenvalue weighted by atomic mass is 35.5. The van der Waals surface area contributed by atoms with Gasteiger partial charge in [-0.25, -0.2) is 8.42 Å². The average molecular weight is 623 g/mol. The van der Waals surface area contributed by atoms with Crippen molar-refractivity contribution in [2.45, 2.75) is 70.7 Å². The average Bonchev–Trinajstić information content (AvgIpc) is 2.93. The molecule has 2 aromatic rings. The SMILES string of the molecule is CCCCN1C(=O)[C@H]([C@H](O)C(C)C)NC(=O)C12CCN(Cc1ccc(Oc3ccc(NS(C)(=O)=O)cc3)cc1)CC2.Cl. The quantitative estimate of drug-likeness (QED) is 0.348. The number of anilines is 1. The van der Waals surface area contributed by atoms with Crippen LogP contribution in [0.25, 0.3) is 0 Å². The van der Waals surface area contributed by atoms with Crippen molar-refractivity contribution in [2.24, 2.45) is 5.92 Å². The number of carbonyl (C=O) groups is 2. The Bertz CT molecular complexity index is 1310. The van der Waals surface area contributed by atoms with Gasteiger partial charge in [-0.15, -0.1) is 12.4 Å². The number of hydrogen-bond donors (Lipinski definition) is 3. The second-order valence-electron chi connectivity index (χ2n) is 11.5. The molecule has 0 bridgehead atoms. The van der Waals surface area contributed by atoms with E-state index in [2.05, 4.69) is 21.9 Å². The summed E-state index contributed by atoms with van der Waals surface area (Å²) in [5.41, 5.74) is 0.697. The van der Waals surface area contributed by atoms with Crippen molar-refractivity contribution in [1.82, 2.24) is 15.1 Å². The summed E-state index contributed by atoms with van der Waals surface area (Å²) in [7, 11) is -3.34. The number of piperazine rings is 1. The highest BCUT2D eigenvalue weighted by Crippen LogP contribution is 2.35. The number of sulfonamides is 1. The topological polar surface area (TPSA) is 128 Å². The number of aliphatic hydroxyl groups is 1. The normalized spacial score (nSPS) is 19.8. The number of benzene rings is 2. The molecule has 0 unspecified atom stereocenters. The second kappa shape index (κ2) is 14.1. The molecule has 10 nitrogen and oxygen atoms in total. The molecule has 2 heterocycles. The van der Waals surface area contributed by atoms with Crippen molar-refractivity contribution in [3.63, 3.8) is 0 Å². The zero-order valence-corrected chi connectivity index (χ0v) is 26.3. The minimum Gasteiger partial charge on any atom is -0.457 e. The lowest BCUT2D eigenvalue weighted by Crippen LogP contribution is -2.74. The summed E-state index contributed by atoms with van der Waals surface area (Å²) in [4.78, 5) is 31.0. The van der Waals surface area contributed by atoms with Gasteiger partial charge < -0.3 is 20.1 Å². The number of likely N-dealkylation sites (tertiary alicyclic amines) is 1. The van der Waals surface area contributed by atoms with Crippen LogP contribution in [0.4, 0.5) is 5.69 Å². The van der Waals surface area contributed by atoms with E-state index < -0.39 is 27.7 Å². The van der Waals surface area contributed by atoms with Gasteiger partial charge in [-0.05, 0) is 67.1 Å². The fourth-order valence-corrected chi connectivity index (χ4v) is 6.10. The van der Waals surface area contributed by atoms with Crippen LogP contribution in [0.15, 0.2) is 48.5 Å². The zero-order chi connectivity index (χ0) is 29.8. The van der Waals surface area contributed by atoms with E-state index in [9.17, 15) is 23.1 Å². The fourth-order valence-electron chi connectivity index (χ4n) is 5.54. The van der Waals surface area contributed by atoms with E-state index in [1.54, 1.807) is 29.2 Å². The number of nitrogens with zero attached hydrogens (tertiary/aromatic N) is 2. The van der Waals surface area contributed by atoms with Crippen molar-refractivity contribution in [1.29, 1.82) is 0 Å². The van der Waals surface area contributed by atoms with E-state index in [0.717, 1.165) is 24.7 Å². The Balaban J connectivity index is 0.00000484. The monoisotopic (exact) mass is 622 g/mol. The maximum Gasteiger partial charge on any atom is 0.248 e. The first-order valence-electron chi connectivity index (χ1n) is 14.3. The van der Waals surface area contributed by atoms with Crippen molar-refractivity contribution in [3.05, 3.63) is 54.1 Å². The molecule has 2 amide bonds. The molecule has 2 aliphatic heterocycles. The molecule has 2 aromatic carbocycles. The maximum atomic E-state index is 13.5. The number of nitrogens with one attached hydrogen (secondary N) is 2. The number of amides is 2. The maximum absolute atomic E-state index is 13.5. The van der Waals surface area contributed by atoms with Gasteiger partial charge in [-0.1, -0.05) is 39.3 Å². The fraction of sp³-hybridized carbons (Fsp3) is 0.533. The van der Waals surface area contributed by atoms with Crippen LogP contribution in [0, 0.1) is 5.92 Å². The molecule has 0 saturated carbocycles. The van der Waals surface area contributed by atoms with Gasteiger partial charge in [-0.2, -0.15) is 0 Å². The molecule has 2 saturated heterocycles. The van der Waals surface area contributed by atoms with Gasteiger partial charge in [0.25, 0.3) is 0 Å². The van der Waals surface area contributed by atoms with E-state index in [1.165, 1.54) is 0 Å². The highest BCUT2D eigenvalue weighted by Gasteiger charge is 2.54. The number of carbonyl (C=O) groups excluding carboxylic acids is 2. The van der Waals surface area contributed by atoms with Crippen molar-refractivity contribution < 1.29 is 27.9 Å². The highest BCUT2D eigenvalue weighted by molar-refractivity contribution is 7.92. The molecule has 2 atom stereocenters. The van der Waals surface area contributed by atoms with E-state index in [-0.39, 0.29) is 30.1 Å². The van der Waals surface area contributed by atoms with E-state index >= 15 is 0 Å². The van der Waals surface area contributed by atoms with E-state index in [0.29, 0.717) is 56.2 Å². The number of ether oxygens (including phenoxy) is 1. The van der Waals surface area contributed by atoms with Gasteiger partial charge in [-0.3, -0.25) is 19.2 Å². The summed E-state index contributed by atoms with van der Waals surface area (Å²) in [5.74, 6) is 0.782. The van der Waals surface area contributed by atoms with Crippen LogP contribution in [-0.2, 0) is 26.2 Å². The van der Waals surface area contributed by atoms with Gasteiger partial charge in [0.15, 0.2) is 0 Å². The summed E-state index contributed by atoms with van der Waals surface area (Å²) < 4.78 is 31.1. The van der Waals surface area contributed by atoms with Gasteiger partial charge >= 0.3 is 0 Å². The lowest BCUT2D eigenvalue weighted by Gasteiger charge is -2.52. The number of hydrogen-bond acceptors (Lipinski definition) is 7. The van der Waals surface area contributed by atoms with Gasteiger partial charge in [0.2, 0.25) is 21.8 Å². The number of halogens is 1. The molecule has 0 radical (unpaired) electrons. The first kappa shape index (κ1) is 33.6. The van der Waals surface area contributed by atoms with E-state index in [4.69, 9.17) is 4.74 Å². The number of aliphatic hydroxyl groups excluding tert-OH is 1. The number of rotatable bonds is 11. The predicted molar refractivity (Wildman–Crippen MR) is 165 cm³/mol. The summed E-state index contributed by atoms with van der Waals surface area (Å²) in [6.07, 6.45) is 3.00. The molecule has 2 aliphatic rings. The standard InChI is InChI=1S/C30H42N4O6S.ClH/c1-5-6-17-34-28(36)26(27(35)21(2)3)31-29(37)30(34)15-18-33(19-16-30)20-22-7-11-24(12-8-22)40-25-13-9-23(10-14-25)32-41(4,38)39;/h7-14,21,26-27,32,35H,5-6,15-20H2,1-4H3,(H,31,37);1H/t26-,27+;/m0./s1. The summed E-state index contributed by atoms with van der Waals surface area (Å²) in [6, 6.07) is 13.6. The lowest BCUT2D eigenvalue weighted by atomic mass is 9.80. The van der Waals surface area contributed by atoms with Gasteiger partial charge in [0, 0.05) is 31.9 Å². The largest absolute Gasteiger partial charge is 0.457 e. The predicted octanol–water partition coefficient (Wildman–Crippen LogP) is 3.75. The van der Waals surface area contributed by atoms with Gasteiger partial charge in [0.1, 0.15) is 23.1 Å². The Morgan fingerprint density at radius 3 is 2.14 bits per heavy atom. The zero-order valence-electron chi connectivity index (χ0n) is 24.7. The Kier molecular flexibility index (Phi) is 11.3. The van der Waals surface area contributed by atoms with Gasteiger partial charge in [0.05, 0.1) is 12.4 Å². The van der Waals surface area contributed by atoms with Crippen molar-refractivity contribution in [2.75, 3.05) is 30.6 Å². The lowest BCUT2D eigenvalue weighted by molar-refractivity contribution is -0.165. The smallest absolute Gasteiger partial charge is 0.248 e. The van der Waals surface area contributed by atoms with Crippen molar-refractivity contribution in [3.8, 4) is 11.5 Å². The minimum atomic E-state index is -3.34. The summed E-state index contributed by atoms with van der Waals surface area (Å²) >= 11 is 0. The van der Waals surface area contributed by atoms with Crippen LogP contribution in [0.1, 0.15) is 52.0 Å². The third-order valence-corrected chi connectivity index (χ3v) is 8.53. The summed E-state index contributed by atoms with van der Waals surface area (Å²) in [6.45, 7) is 8.33. The molecule has 2 fully saturated rings. The molecule has 42 heavy (non-hydrogen) atoms. The molecule has 4 rings (SSSR count).